The number of carbonyl (C=O) groups is 2. The average molecular weight is 622 g/mol. The lowest BCUT2D eigenvalue weighted by Crippen LogP contribution is -2.53. The van der Waals surface area contributed by atoms with Gasteiger partial charge in [0.1, 0.15) is 24.1 Å². The van der Waals surface area contributed by atoms with Crippen LogP contribution >= 0.6 is 0 Å². The minimum Gasteiger partial charge on any atom is -0.497 e. The molecule has 0 radical (unpaired) electrons. The molecule has 1 N–H and O–H groups in total. The highest BCUT2D eigenvalue weighted by Gasteiger charge is 2.34. The summed E-state index contributed by atoms with van der Waals surface area (Å²) in [6, 6.07) is 18.1. The molecule has 3 aromatic rings. The van der Waals surface area contributed by atoms with Gasteiger partial charge in [-0.2, -0.15) is 0 Å². The largest absolute Gasteiger partial charge is 0.497 e. The van der Waals surface area contributed by atoms with Crippen LogP contribution in [-0.2, 0) is 26.2 Å². The Hall–Kier alpha value is -4.05. The molecular formula is C34H43N3O6S. The minimum absolute atomic E-state index is 0.0456. The lowest BCUT2D eigenvalue weighted by Gasteiger charge is -2.33. The maximum Gasteiger partial charge on any atom is 0.264 e. The van der Waals surface area contributed by atoms with Gasteiger partial charge < -0.3 is 19.7 Å². The molecule has 1 saturated carbocycles. The van der Waals surface area contributed by atoms with Crippen LogP contribution in [0.2, 0.25) is 0 Å². The highest BCUT2D eigenvalue weighted by atomic mass is 32.2. The molecule has 1 aliphatic carbocycles. The number of sulfonamides is 1. The summed E-state index contributed by atoms with van der Waals surface area (Å²) in [7, 11) is -1.18. The number of carbonyl (C=O) groups excluding carboxylic acids is 2. The molecule has 0 aliphatic heterocycles. The second-order valence-electron chi connectivity index (χ2n) is 11.4. The van der Waals surface area contributed by atoms with E-state index in [2.05, 4.69) is 5.32 Å². The lowest BCUT2D eigenvalue weighted by molar-refractivity contribution is -0.139. The van der Waals surface area contributed by atoms with Gasteiger partial charge in [-0.05, 0) is 81.1 Å². The van der Waals surface area contributed by atoms with Gasteiger partial charge in [0.2, 0.25) is 11.8 Å². The Morgan fingerprint density at radius 1 is 0.886 bits per heavy atom. The Morgan fingerprint density at radius 2 is 1.52 bits per heavy atom. The van der Waals surface area contributed by atoms with Gasteiger partial charge in [0.15, 0.2) is 0 Å². The van der Waals surface area contributed by atoms with E-state index in [4.69, 9.17) is 9.47 Å². The average Bonchev–Trinajstić information content (AvgIpc) is 3.03. The number of hydrogen-bond acceptors (Lipinski definition) is 6. The van der Waals surface area contributed by atoms with Crippen LogP contribution in [0.3, 0.4) is 0 Å². The molecule has 9 nitrogen and oxygen atoms in total. The Morgan fingerprint density at radius 3 is 2.14 bits per heavy atom. The summed E-state index contributed by atoms with van der Waals surface area (Å²) in [5, 5.41) is 3.13. The van der Waals surface area contributed by atoms with E-state index in [0.717, 1.165) is 53.1 Å². The normalized spacial score (nSPS) is 14.4. The quantitative estimate of drug-likeness (QED) is 0.291. The number of nitrogens with zero attached hydrogens (tertiary/aromatic N) is 2. The number of benzene rings is 3. The van der Waals surface area contributed by atoms with Gasteiger partial charge in [0, 0.05) is 12.6 Å². The van der Waals surface area contributed by atoms with Crippen LogP contribution in [-0.4, -0.2) is 58.0 Å². The fraction of sp³-hybridized carbons (Fsp3) is 0.412. The van der Waals surface area contributed by atoms with E-state index in [1.807, 2.05) is 32.0 Å². The van der Waals surface area contributed by atoms with Gasteiger partial charge >= 0.3 is 0 Å². The first-order chi connectivity index (χ1) is 21.0. The van der Waals surface area contributed by atoms with E-state index in [1.165, 1.54) is 24.1 Å². The molecule has 236 valence electrons. The molecule has 0 heterocycles. The third kappa shape index (κ3) is 7.91. The van der Waals surface area contributed by atoms with E-state index < -0.39 is 28.5 Å². The number of amides is 2. The summed E-state index contributed by atoms with van der Waals surface area (Å²) in [6.45, 7) is 4.97. The topological polar surface area (TPSA) is 105 Å². The highest BCUT2D eigenvalue weighted by Crippen LogP contribution is 2.34. The van der Waals surface area contributed by atoms with Crippen LogP contribution in [0.15, 0.2) is 71.6 Å². The third-order valence-corrected chi connectivity index (χ3v) is 9.90. The zero-order valence-electron chi connectivity index (χ0n) is 26.2. The molecule has 0 saturated heterocycles. The van der Waals surface area contributed by atoms with Crippen molar-refractivity contribution in [2.24, 2.45) is 0 Å². The van der Waals surface area contributed by atoms with Gasteiger partial charge in [-0.25, -0.2) is 8.42 Å². The van der Waals surface area contributed by atoms with E-state index in [0.29, 0.717) is 11.5 Å². The molecule has 2 amide bonds. The molecule has 44 heavy (non-hydrogen) atoms. The maximum atomic E-state index is 14.3. The van der Waals surface area contributed by atoms with Crippen LogP contribution in [0.1, 0.15) is 55.7 Å². The number of hydrogen-bond donors (Lipinski definition) is 1. The third-order valence-electron chi connectivity index (χ3n) is 8.12. The van der Waals surface area contributed by atoms with Crippen molar-refractivity contribution in [3.8, 4) is 11.5 Å². The predicted molar refractivity (Wildman–Crippen MR) is 171 cm³/mol. The molecule has 3 aromatic carbocycles. The Labute approximate surface area is 261 Å². The number of rotatable bonds is 12. The fourth-order valence-corrected chi connectivity index (χ4v) is 6.84. The van der Waals surface area contributed by atoms with Crippen LogP contribution in [0, 0.1) is 13.8 Å². The van der Waals surface area contributed by atoms with Gasteiger partial charge in [-0.3, -0.25) is 13.9 Å². The van der Waals surface area contributed by atoms with Crippen molar-refractivity contribution in [3.63, 3.8) is 0 Å². The first kappa shape index (κ1) is 32.9. The molecule has 4 rings (SSSR count). The molecule has 1 aliphatic rings. The van der Waals surface area contributed by atoms with Gasteiger partial charge in [0.25, 0.3) is 10.0 Å². The highest BCUT2D eigenvalue weighted by molar-refractivity contribution is 7.92. The first-order valence-electron chi connectivity index (χ1n) is 15.0. The Bertz CT molecular complexity index is 1530. The Kier molecular flexibility index (Phi) is 10.9. The first-order valence-corrected chi connectivity index (χ1v) is 16.4. The molecule has 0 unspecified atom stereocenters. The lowest BCUT2D eigenvalue weighted by atomic mass is 9.95. The summed E-state index contributed by atoms with van der Waals surface area (Å²) in [5.74, 6) is 0.187. The van der Waals surface area contributed by atoms with Crippen LogP contribution in [0.5, 0.6) is 11.5 Å². The minimum atomic E-state index is -4.21. The van der Waals surface area contributed by atoms with Crippen molar-refractivity contribution < 1.29 is 27.5 Å². The summed E-state index contributed by atoms with van der Waals surface area (Å²) in [5.41, 5.74) is 2.72. The van der Waals surface area contributed by atoms with E-state index >= 15 is 0 Å². The summed E-state index contributed by atoms with van der Waals surface area (Å²) in [4.78, 5) is 29.3. The van der Waals surface area contributed by atoms with Crippen LogP contribution in [0.25, 0.3) is 0 Å². The van der Waals surface area contributed by atoms with E-state index in [1.54, 1.807) is 50.4 Å². The van der Waals surface area contributed by atoms with Crippen LogP contribution < -0.4 is 19.1 Å². The van der Waals surface area contributed by atoms with Crippen molar-refractivity contribution in [2.45, 2.75) is 76.4 Å². The van der Waals surface area contributed by atoms with Crippen molar-refractivity contribution in [2.75, 3.05) is 25.1 Å². The van der Waals surface area contributed by atoms with Crippen molar-refractivity contribution >= 4 is 27.5 Å². The molecule has 0 spiro atoms. The number of aryl methyl sites for hydroxylation is 2. The Balaban J connectivity index is 1.72. The zero-order chi connectivity index (χ0) is 31.9. The van der Waals surface area contributed by atoms with E-state index in [9.17, 15) is 18.0 Å². The second-order valence-corrected chi connectivity index (χ2v) is 13.3. The van der Waals surface area contributed by atoms with Crippen molar-refractivity contribution in [1.29, 1.82) is 0 Å². The SMILES string of the molecule is COc1ccc(CN(C(=O)CN(c2cc(C)ccc2OC)S(=O)(=O)c2ccc(C)cc2)[C@@H](C)C(=O)NC2CCCCC2)cc1. The molecule has 0 aromatic heterocycles. The number of ether oxygens (including phenoxy) is 2. The molecule has 0 bridgehead atoms. The maximum absolute atomic E-state index is 14.3. The predicted octanol–water partition coefficient (Wildman–Crippen LogP) is 5.38. The molecule has 10 heteroatoms. The van der Waals surface area contributed by atoms with Crippen LogP contribution in [0.4, 0.5) is 5.69 Å². The zero-order valence-corrected chi connectivity index (χ0v) is 27.0. The summed E-state index contributed by atoms with van der Waals surface area (Å²) < 4.78 is 40.3. The standard InChI is InChI=1S/C34H43N3O6S/c1-24-11-18-30(19-12-24)44(40,41)37(31-21-25(2)13-20-32(31)43-5)23-33(38)36(22-27-14-16-29(42-4)17-15-27)26(3)34(39)35-28-9-7-6-8-10-28/h11-21,26,28H,6-10,22-23H2,1-5H3,(H,35,39)/t26-/m0/s1. The van der Waals surface area contributed by atoms with Gasteiger partial charge in [-0.1, -0.05) is 55.2 Å². The second kappa shape index (κ2) is 14.6. The van der Waals surface area contributed by atoms with E-state index in [-0.39, 0.29) is 29.1 Å². The number of methoxy groups -OCH3 is 2. The van der Waals surface area contributed by atoms with Crippen molar-refractivity contribution in [3.05, 3.63) is 83.4 Å². The molecule has 1 atom stereocenters. The van der Waals surface area contributed by atoms with Gasteiger partial charge in [-0.15, -0.1) is 0 Å². The number of nitrogens with one attached hydrogen (secondary N) is 1. The monoisotopic (exact) mass is 621 g/mol. The summed E-state index contributed by atoms with van der Waals surface area (Å²) in [6.07, 6.45) is 5.06. The summed E-state index contributed by atoms with van der Waals surface area (Å²) >= 11 is 0. The fourth-order valence-electron chi connectivity index (χ4n) is 5.42. The number of anilines is 1. The van der Waals surface area contributed by atoms with Crippen molar-refractivity contribution in [1.82, 2.24) is 10.2 Å². The molecule has 1 fully saturated rings. The molecular weight excluding hydrogens is 578 g/mol. The van der Waals surface area contributed by atoms with Gasteiger partial charge in [0.05, 0.1) is 24.8 Å². The smallest absolute Gasteiger partial charge is 0.264 e.